The molecular weight excluding hydrogens is 296 g/mol. The van der Waals surface area contributed by atoms with Crippen molar-refractivity contribution in [2.24, 2.45) is 0 Å². The van der Waals surface area contributed by atoms with Crippen molar-refractivity contribution in [2.45, 2.75) is 18.9 Å². The van der Waals surface area contributed by atoms with Gasteiger partial charge >= 0.3 is 5.97 Å². The van der Waals surface area contributed by atoms with Gasteiger partial charge < -0.3 is 15.4 Å². The molecule has 2 N–H and O–H groups in total. The number of nitrogens with one attached hydrogen (secondary N) is 2. The predicted molar refractivity (Wildman–Crippen MR) is 75.9 cm³/mol. The minimum atomic E-state index is -0.664. The Morgan fingerprint density at radius 1 is 1.19 bits per heavy atom. The zero-order valence-corrected chi connectivity index (χ0v) is 12.0. The zero-order chi connectivity index (χ0) is 15.2. The maximum absolute atomic E-state index is 11.7. The minimum Gasteiger partial charge on any atom is -0.454 e. The van der Waals surface area contributed by atoms with E-state index in [-0.39, 0.29) is 25.1 Å². The standard InChI is InChI=1S/C14H15ClN2O4/c15-10-3-1-9(2-4-10)14(20)16-7-13(19)21-8-12(18)17-11-5-6-11/h1-4,11H,5-8H2,(H,16,20)(H,17,18). The topological polar surface area (TPSA) is 84.5 Å². The van der Waals surface area contributed by atoms with E-state index in [1.54, 1.807) is 24.3 Å². The Labute approximate surface area is 126 Å². The van der Waals surface area contributed by atoms with Gasteiger partial charge in [0.25, 0.3) is 11.8 Å². The first kappa shape index (κ1) is 15.3. The number of benzene rings is 1. The van der Waals surface area contributed by atoms with Crippen molar-refractivity contribution in [1.29, 1.82) is 0 Å². The number of halogens is 1. The first-order chi connectivity index (χ1) is 10.0. The summed E-state index contributed by atoms with van der Waals surface area (Å²) in [4.78, 5) is 34.4. The van der Waals surface area contributed by atoms with Gasteiger partial charge in [-0.2, -0.15) is 0 Å². The molecule has 0 heterocycles. The molecule has 2 rings (SSSR count). The van der Waals surface area contributed by atoms with Crippen molar-refractivity contribution in [3.63, 3.8) is 0 Å². The molecule has 0 radical (unpaired) electrons. The fourth-order valence-corrected chi connectivity index (χ4v) is 1.68. The number of carbonyl (C=O) groups excluding carboxylic acids is 3. The van der Waals surface area contributed by atoms with Gasteiger partial charge in [-0.15, -0.1) is 0 Å². The second-order valence-corrected chi connectivity index (χ2v) is 5.13. The molecule has 1 saturated carbocycles. The van der Waals surface area contributed by atoms with E-state index in [2.05, 4.69) is 10.6 Å². The summed E-state index contributed by atoms with van der Waals surface area (Å²) in [6, 6.07) is 6.48. The molecule has 7 heteroatoms. The fraction of sp³-hybridized carbons (Fsp3) is 0.357. The summed E-state index contributed by atoms with van der Waals surface area (Å²) in [6.45, 7) is -0.621. The second kappa shape index (κ2) is 7.08. The summed E-state index contributed by atoms with van der Waals surface area (Å²) in [5.74, 6) is -1.40. The maximum Gasteiger partial charge on any atom is 0.325 e. The molecule has 1 fully saturated rings. The normalized spacial score (nSPS) is 13.4. The molecule has 0 atom stereocenters. The van der Waals surface area contributed by atoms with Gasteiger partial charge in [-0.05, 0) is 37.1 Å². The highest BCUT2D eigenvalue weighted by Gasteiger charge is 2.23. The summed E-state index contributed by atoms with van der Waals surface area (Å²) in [5, 5.41) is 5.62. The van der Waals surface area contributed by atoms with E-state index in [9.17, 15) is 14.4 Å². The van der Waals surface area contributed by atoms with Crippen molar-refractivity contribution in [3.8, 4) is 0 Å². The van der Waals surface area contributed by atoms with E-state index >= 15 is 0 Å². The third-order valence-electron chi connectivity index (χ3n) is 2.81. The molecule has 0 saturated heterocycles. The number of rotatable bonds is 6. The lowest BCUT2D eigenvalue weighted by Gasteiger charge is -2.07. The molecule has 2 amide bonds. The summed E-state index contributed by atoms with van der Waals surface area (Å²) in [5.41, 5.74) is 0.388. The minimum absolute atomic E-state index is 0.223. The second-order valence-electron chi connectivity index (χ2n) is 4.69. The van der Waals surface area contributed by atoms with Crippen molar-refractivity contribution in [1.82, 2.24) is 10.6 Å². The molecule has 0 aromatic heterocycles. The molecule has 0 spiro atoms. The first-order valence-electron chi connectivity index (χ1n) is 6.53. The Balaban J connectivity index is 1.66. The van der Waals surface area contributed by atoms with Crippen molar-refractivity contribution in [3.05, 3.63) is 34.9 Å². The molecule has 112 valence electrons. The Morgan fingerprint density at radius 3 is 2.48 bits per heavy atom. The van der Waals surface area contributed by atoms with Gasteiger partial charge in [0.05, 0.1) is 0 Å². The molecule has 1 aliphatic rings. The summed E-state index contributed by atoms with van der Waals surface area (Å²) in [6.07, 6.45) is 1.94. The lowest BCUT2D eigenvalue weighted by molar-refractivity contribution is -0.147. The number of esters is 1. The van der Waals surface area contributed by atoms with Crippen molar-refractivity contribution in [2.75, 3.05) is 13.2 Å². The van der Waals surface area contributed by atoms with E-state index in [1.165, 1.54) is 0 Å². The molecule has 0 aliphatic heterocycles. The highest BCUT2D eigenvalue weighted by atomic mass is 35.5. The molecular formula is C14H15ClN2O4. The van der Waals surface area contributed by atoms with Crippen molar-refractivity contribution < 1.29 is 19.1 Å². The van der Waals surface area contributed by atoms with Crippen LogP contribution in [0, 0.1) is 0 Å². The lowest BCUT2D eigenvalue weighted by atomic mass is 10.2. The third kappa shape index (κ3) is 5.43. The van der Waals surface area contributed by atoms with Gasteiger partial charge in [-0.1, -0.05) is 11.6 Å². The van der Waals surface area contributed by atoms with Crippen LogP contribution in [0.2, 0.25) is 5.02 Å². The number of ether oxygens (including phenoxy) is 1. The van der Waals surface area contributed by atoms with Gasteiger partial charge in [0.1, 0.15) is 6.54 Å². The summed E-state index contributed by atoms with van der Waals surface area (Å²) < 4.78 is 4.75. The van der Waals surface area contributed by atoms with Crippen LogP contribution < -0.4 is 10.6 Å². The van der Waals surface area contributed by atoms with Crippen LogP contribution in [0.4, 0.5) is 0 Å². The van der Waals surface area contributed by atoms with E-state index in [4.69, 9.17) is 16.3 Å². The molecule has 1 aromatic carbocycles. The predicted octanol–water partition coefficient (Wildman–Crippen LogP) is 0.892. The van der Waals surface area contributed by atoms with Crippen LogP contribution in [0.15, 0.2) is 24.3 Å². The fourth-order valence-electron chi connectivity index (χ4n) is 1.55. The summed E-state index contributed by atoms with van der Waals surface area (Å²) >= 11 is 5.71. The molecule has 6 nitrogen and oxygen atoms in total. The van der Waals surface area contributed by atoms with Crippen LogP contribution in [-0.2, 0) is 14.3 Å². The van der Waals surface area contributed by atoms with Crippen LogP contribution in [0.3, 0.4) is 0 Å². The molecule has 21 heavy (non-hydrogen) atoms. The Morgan fingerprint density at radius 2 is 1.86 bits per heavy atom. The van der Waals surface area contributed by atoms with Gasteiger partial charge in [0.15, 0.2) is 6.61 Å². The molecule has 0 unspecified atom stereocenters. The van der Waals surface area contributed by atoms with Crippen molar-refractivity contribution >= 4 is 29.4 Å². The SMILES string of the molecule is O=C(COC(=O)CNC(=O)c1ccc(Cl)cc1)NC1CC1. The Kier molecular flexibility index (Phi) is 5.16. The van der Waals surface area contributed by atoms with Crippen LogP contribution in [-0.4, -0.2) is 37.0 Å². The number of hydrogen-bond acceptors (Lipinski definition) is 4. The van der Waals surface area contributed by atoms with Crippen LogP contribution >= 0.6 is 11.6 Å². The van der Waals surface area contributed by atoms with Gasteiger partial charge in [0, 0.05) is 16.6 Å². The highest BCUT2D eigenvalue weighted by Crippen LogP contribution is 2.18. The average Bonchev–Trinajstić information content (AvgIpc) is 3.27. The van der Waals surface area contributed by atoms with Gasteiger partial charge in [-0.25, -0.2) is 0 Å². The van der Waals surface area contributed by atoms with E-state index < -0.39 is 11.9 Å². The van der Waals surface area contributed by atoms with Gasteiger partial charge in [0.2, 0.25) is 0 Å². The number of carbonyl (C=O) groups is 3. The monoisotopic (exact) mass is 310 g/mol. The number of amides is 2. The zero-order valence-electron chi connectivity index (χ0n) is 11.2. The maximum atomic E-state index is 11.7. The summed E-state index contributed by atoms with van der Waals surface area (Å²) in [7, 11) is 0. The quantitative estimate of drug-likeness (QED) is 0.764. The molecule has 1 aromatic rings. The third-order valence-corrected chi connectivity index (χ3v) is 3.06. The highest BCUT2D eigenvalue weighted by molar-refractivity contribution is 6.30. The van der Waals surface area contributed by atoms with Gasteiger partial charge in [-0.3, -0.25) is 14.4 Å². The van der Waals surface area contributed by atoms with E-state index in [1.807, 2.05) is 0 Å². The average molecular weight is 311 g/mol. The van der Waals surface area contributed by atoms with E-state index in [0.29, 0.717) is 10.6 Å². The van der Waals surface area contributed by atoms with Crippen LogP contribution in [0.1, 0.15) is 23.2 Å². The number of hydrogen-bond donors (Lipinski definition) is 2. The smallest absolute Gasteiger partial charge is 0.325 e. The van der Waals surface area contributed by atoms with Crippen LogP contribution in [0.25, 0.3) is 0 Å². The lowest BCUT2D eigenvalue weighted by Crippen LogP contribution is -2.34. The largest absolute Gasteiger partial charge is 0.454 e. The molecule has 1 aliphatic carbocycles. The van der Waals surface area contributed by atoms with E-state index in [0.717, 1.165) is 12.8 Å². The van der Waals surface area contributed by atoms with Crippen LogP contribution in [0.5, 0.6) is 0 Å². The Hall–Kier alpha value is -2.08. The Bertz CT molecular complexity index is 540. The molecule has 0 bridgehead atoms. The first-order valence-corrected chi connectivity index (χ1v) is 6.91.